The molecular weight excluding hydrogens is 322 g/mol. The molecule has 4 aromatic rings. The predicted molar refractivity (Wildman–Crippen MR) is 96.5 cm³/mol. The fraction of sp³-hybridized carbons (Fsp3) is 0.105. The number of aromatic nitrogens is 3. The Hall–Kier alpha value is -2.72. The van der Waals surface area contributed by atoms with Gasteiger partial charge in [-0.1, -0.05) is 48.0 Å². The maximum atomic E-state index is 12.7. The van der Waals surface area contributed by atoms with Crippen LogP contribution in [0, 0.1) is 0 Å². The van der Waals surface area contributed by atoms with Gasteiger partial charge >= 0.3 is 0 Å². The van der Waals surface area contributed by atoms with Gasteiger partial charge in [0.15, 0.2) is 0 Å². The van der Waals surface area contributed by atoms with Crippen LogP contribution in [0.25, 0.3) is 21.9 Å². The highest BCUT2D eigenvalue weighted by Crippen LogP contribution is 2.29. The van der Waals surface area contributed by atoms with Crippen LogP contribution in [0.2, 0.25) is 5.02 Å². The number of fused-ring (bicyclic) bond motifs is 2. The summed E-state index contributed by atoms with van der Waals surface area (Å²) in [5.74, 6) is 0. The first-order valence-electron chi connectivity index (χ1n) is 7.62. The summed E-state index contributed by atoms with van der Waals surface area (Å²) in [4.78, 5) is 21.6. The first-order valence-corrected chi connectivity index (χ1v) is 7.99. The van der Waals surface area contributed by atoms with E-state index < -0.39 is 0 Å². The molecule has 0 spiro atoms. The van der Waals surface area contributed by atoms with E-state index in [2.05, 4.69) is 9.97 Å². The summed E-state index contributed by atoms with van der Waals surface area (Å²) >= 11 is 6.53. The summed E-state index contributed by atoms with van der Waals surface area (Å²) in [6, 6.07) is 15.5. The summed E-state index contributed by atoms with van der Waals surface area (Å²) < 4.78 is 1.61. The van der Waals surface area contributed by atoms with E-state index in [9.17, 15) is 4.79 Å². The van der Waals surface area contributed by atoms with Crippen molar-refractivity contribution in [1.82, 2.24) is 14.5 Å². The largest absolute Gasteiger partial charge is 0.308 e. The quantitative estimate of drug-likeness (QED) is 0.524. The molecular formula is C19H14ClN3O. The number of hydrogen-bond donors (Lipinski definition) is 0. The highest BCUT2D eigenvalue weighted by Gasteiger charge is 2.14. The molecule has 0 aliphatic carbocycles. The van der Waals surface area contributed by atoms with Gasteiger partial charge in [-0.15, -0.1) is 0 Å². The highest BCUT2D eigenvalue weighted by atomic mass is 35.5. The lowest BCUT2D eigenvalue weighted by molar-refractivity contribution is 0.856. The van der Waals surface area contributed by atoms with E-state index in [0.717, 1.165) is 10.9 Å². The number of aryl methyl sites for hydroxylation is 1. The van der Waals surface area contributed by atoms with Gasteiger partial charge in [0.2, 0.25) is 0 Å². The van der Waals surface area contributed by atoms with E-state index in [1.807, 2.05) is 48.5 Å². The Morgan fingerprint density at radius 3 is 2.67 bits per heavy atom. The standard InChI is InChI=1S/C19H14ClN3O/c1-23-15-11-13-8-5-9-21-17(13)16(20)18(15)22-14(19(23)24)10-12-6-3-2-4-7-12/h2-9,11H,10H2,1H3. The van der Waals surface area contributed by atoms with Crippen molar-refractivity contribution in [3.8, 4) is 0 Å². The molecule has 2 aromatic heterocycles. The van der Waals surface area contributed by atoms with Gasteiger partial charge in [-0.05, 0) is 17.7 Å². The molecule has 2 aromatic carbocycles. The molecule has 0 atom stereocenters. The van der Waals surface area contributed by atoms with Crippen LogP contribution in [0.1, 0.15) is 11.3 Å². The van der Waals surface area contributed by atoms with Gasteiger partial charge in [0.05, 0.1) is 16.1 Å². The fourth-order valence-electron chi connectivity index (χ4n) is 2.91. The Morgan fingerprint density at radius 2 is 1.88 bits per heavy atom. The molecule has 5 heteroatoms. The molecule has 2 heterocycles. The number of nitrogens with zero attached hydrogens (tertiary/aromatic N) is 3. The minimum Gasteiger partial charge on any atom is -0.308 e. The normalized spacial score (nSPS) is 11.2. The van der Waals surface area contributed by atoms with Gasteiger partial charge in [0.25, 0.3) is 5.56 Å². The average molecular weight is 336 g/mol. The molecule has 0 unspecified atom stereocenters. The smallest absolute Gasteiger partial charge is 0.272 e. The molecule has 0 saturated heterocycles. The summed E-state index contributed by atoms with van der Waals surface area (Å²) in [6.07, 6.45) is 2.17. The highest BCUT2D eigenvalue weighted by molar-refractivity contribution is 6.39. The molecule has 0 fully saturated rings. The Morgan fingerprint density at radius 1 is 1.08 bits per heavy atom. The van der Waals surface area contributed by atoms with Gasteiger partial charge in [-0.3, -0.25) is 9.78 Å². The Kier molecular flexibility index (Phi) is 3.54. The van der Waals surface area contributed by atoms with Crippen molar-refractivity contribution >= 4 is 33.5 Å². The van der Waals surface area contributed by atoms with Crippen molar-refractivity contribution in [1.29, 1.82) is 0 Å². The molecule has 24 heavy (non-hydrogen) atoms. The molecule has 4 nitrogen and oxygen atoms in total. The van der Waals surface area contributed by atoms with Crippen molar-refractivity contribution < 1.29 is 0 Å². The topological polar surface area (TPSA) is 47.8 Å². The first-order chi connectivity index (χ1) is 11.6. The first kappa shape index (κ1) is 14.8. The third kappa shape index (κ3) is 2.36. The van der Waals surface area contributed by atoms with Gasteiger partial charge in [0, 0.05) is 25.1 Å². The third-order valence-electron chi connectivity index (χ3n) is 4.16. The molecule has 0 radical (unpaired) electrons. The van der Waals surface area contributed by atoms with Crippen LogP contribution in [0.5, 0.6) is 0 Å². The van der Waals surface area contributed by atoms with Crippen LogP contribution in [-0.4, -0.2) is 14.5 Å². The lowest BCUT2D eigenvalue weighted by Crippen LogP contribution is -2.23. The van der Waals surface area contributed by atoms with Gasteiger partial charge in [0.1, 0.15) is 11.2 Å². The predicted octanol–water partition coefficient (Wildman–Crippen LogP) is 3.73. The minimum atomic E-state index is -0.106. The summed E-state index contributed by atoms with van der Waals surface area (Å²) in [7, 11) is 1.75. The zero-order valence-electron chi connectivity index (χ0n) is 13.0. The molecule has 0 aliphatic rings. The van der Waals surface area contributed by atoms with Crippen LogP contribution < -0.4 is 5.56 Å². The Labute approximate surface area is 143 Å². The second-order valence-corrected chi connectivity index (χ2v) is 6.10. The van der Waals surface area contributed by atoms with E-state index >= 15 is 0 Å². The number of benzene rings is 2. The van der Waals surface area contributed by atoms with Crippen molar-refractivity contribution in [2.75, 3.05) is 0 Å². The van der Waals surface area contributed by atoms with Gasteiger partial charge < -0.3 is 4.57 Å². The molecule has 0 bridgehead atoms. The zero-order chi connectivity index (χ0) is 16.7. The van der Waals surface area contributed by atoms with Crippen molar-refractivity contribution in [2.24, 2.45) is 7.05 Å². The Bertz CT molecular complexity index is 1120. The van der Waals surface area contributed by atoms with E-state index in [1.165, 1.54) is 0 Å². The summed E-state index contributed by atoms with van der Waals surface area (Å²) in [5, 5.41) is 1.37. The summed E-state index contributed by atoms with van der Waals surface area (Å²) in [6.45, 7) is 0. The second kappa shape index (κ2) is 5.73. The maximum absolute atomic E-state index is 12.7. The molecule has 0 aliphatic heterocycles. The van der Waals surface area contributed by atoms with Crippen molar-refractivity contribution in [2.45, 2.75) is 6.42 Å². The monoisotopic (exact) mass is 335 g/mol. The molecule has 4 rings (SSSR count). The van der Waals surface area contributed by atoms with Gasteiger partial charge in [-0.25, -0.2) is 4.98 Å². The van der Waals surface area contributed by atoms with Crippen LogP contribution in [0.15, 0.2) is 59.5 Å². The second-order valence-electron chi connectivity index (χ2n) is 5.72. The number of hydrogen-bond acceptors (Lipinski definition) is 3. The Balaban J connectivity index is 2.00. The van der Waals surface area contributed by atoms with Gasteiger partial charge in [-0.2, -0.15) is 0 Å². The molecule has 118 valence electrons. The van der Waals surface area contributed by atoms with Crippen LogP contribution in [0.3, 0.4) is 0 Å². The fourth-order valence-corrected chi connectivity index (χ4v) is 3.21. The molecule has 0 amide bonds. The SMILES string of the molecule is Cn1c(=O)c(Cc2ccccc2)nc2c(Cl)c3ncccc3cc21. The van der Waals surface area contributed by atoms with E-state index in [1.54, 1.807) is 17.8 Å². The number of pyridine rings is 1. The van der Waals surface area contributed by atoms with E-state index in [4.69, 9.17) is 11.6 Å². The number of rotatable bonds is 2. The van der Waals surface area contributed by atoms with Crippen molar-refractivity contribution in [3.63, 3.8) is 0 Å². The van der Waals surface area contributed by atoms with E-state index in [-0.39, 0.29) is 5.56 Å². The molecule has 0 N–H and O–H groups in total. The van der Waals surface area contributed by atoms with Crippen LogP contribution in [0.4, 0.5) is 0 Å². The lowest BCUT2D eigenvalue weighted by atomic mass is 10.1. The summed E-state index contributed by atoms with van der Waals surface area (Å²) in [5.41, 5.74) is 3.43. The maximum Gasteiger partial charge on any atom is 0.272 e. The lowest BCUT2D eigenvalue weighted by Gasteiger charge is -2.11. The zero-order valence-corrected chi connectivity index (χ0v) is 13.8. The van der Waals surface area contributed by atoms with Crippen molar-refractivity contribution in [3.05, 3.63) is 81.4 Å². The van der Waals surface area contributed by atoms with Crippen LogP contribution in [-0.2, 0) is 13.5 Å². The average Bonchev–Trinajstić information content (AvgIpc) is 2.62. The minimum absolute atomic E-state index is 0.106. The third-order valence-corrected chi connectivity index (χ3v) is 4.52. The number of halogens is 1. The van der Waals surface area contributed by atoms with E-state index in [0.29, 0.717) is 33.7 Å². The molecule has 0 saturated carbocycles. The van der Waals surface area contributed by atoms with Crippen LogP contribution >= 0.6 is 11.6 Å².